The second-order valence-electron chi connectivity index (χ2n) is 5.57. The van der Waals surface area contributed by atoms with E-state index in [-0.39, 0.29) is 5.41 Å². The van der Waals surface area contributed by atoms with Crippen molar-refractivity contribution in [2.45, 2.75) is 26.2 Å². The lowest BCUT2D eigenvalue weighted by atomic mass is 9.86. The Kier molecular flexibility index (Phi) is 6.26. The molecule has 21 heavy (non-hydrogen) atoms. The van der Waals surface area contributed by atoms with Crippen LogP contribution in [0.5, 0.6) is 0 Å². The first kappa shape index (κ1) is 18.0. The molecule has 2 aromatic rings. The Morgan fingerprint density at radius 3 is 1.52 bits per heavy atom. The van der Waals surface area contributed by atoms with E-state index in [9.17, 15) is 0 Å². The first-order chi connectivity index (χ1) is 9.57. The molecule has 0 bridgehead atoms. The molecule has 0 radical (unpaired) electrons. The zero-order valence-electron chi connectivity index (χ0n) is 12.2. The van der Waals surface area contributed by atoms with Crippen LogP contribution in [-0.4, -0.2) is 8.42 Å². The molecule has 0 aromatic heterocycles. The van der Waals surface area contributed by atoms with E-state index in [1.165, 1.54) is 16.7 Å². The summed E-state index contributed by atoms with van der Waals surface area (Å²) in [6.45, 7) is 6.72. The van der Waals surface area contributed by atoms with Gasteiger partial charge in [0.25, 0.3) is 0 Å². The van der Waals surface area contributed by atoms with E-state index < -0.39 is 8.26 Å². The van der Waals surface area contributed by atoms with Gasteiger partial charge < -0.3 is 0 Å². The van der Waals surface area contributed by atoms with Crippen LogP contribution >= 0.6 is 21.4 Å². The van der Waals surface area contributed by atoms with E-state index in [1.807, 2.05) is 6.07 Å². The van der Waals surface area contributed by atoms with Crippen molar-refractivity contribution in [3.8, 4) is 11.1 Å². The molecule has 0 aliphatic heterocycles. The molecule has 5 heteroatoms. The minimum Gasteiger partial charge on any atom is -0.195 e. The molecule has 2 rings (SSSR count). The van der Waals surface area contributed by atoms with E-state index in [0.717, 1.165) is 0 Å². The lowest BCUT2D eigenvalue weighted by molar-refractivity contribution is 0.590. The van der Waals surface area contributed by atoms with E-state index >= 15 is 0 Å². The number of rotatable bonds is 1. The Morgan fingerprint density at radius 2 is 1.14 bits per heavy atom. The fourth-order valence-electron chi connectivity index (χ4n) is 1.79. The number of halogens is 2. The highest BCUT2D eigenvalue weighted by Gasteiger charge is 2.12. The first-order valence-corrected chi connectivity index (χ1v) is 9.51. The molecule has 0 atom stereocenters. The van der Waals surface area contributed by atoms with Gasteiger partial charge in [0.1, 0.15) is 0 Å². The fourth-order valence-corrected chi connectivity index (χ4v) is 1.79. The van der Waals surface area contributed by atoms with Crippen LogP contribution in [0.15, 0.2) is 54.6 Å². The summed E-state index contributed by atoms with van der Waals surface area (Å²) >= 11 is 0. The Balaban J connectivity index is 0.000000383. The van der Waals surface area contributed by atoms with Crippen LogP contribution in [0, 0.1) is 0 Å². The summed E-state index contributed by atoms with van der Waals surface area (Å²) in [6, 6.07) is 19.3. The quantitative estimate of drug-likeness (QED) is 0.652. The Bertz CT molecular complexity index is 650. The second-order valence-corrected chi connectivity index (χ2v) is 9.24. The predicted octanol–water partition coefficient (Wildman–Crippen LogP) is 5.36. The molecule has 0 saturated carbocycles. The third-order valence-electron chi connectivity index (χ3n) is 2.86. The third-order valence-corrected chi connectivity index (χ3v) is 2.86. The van der Waals surface area contributed by atoms with Gasteiger partial charge in [-0.1, -0.05) is 75.4 Å². The molecule has 0 amide bonds. The number of hydrogen-bond acceptors (Lipinski definition) is 2. The smallest absolute Gasteiger partial charge is 0.195 e. The standard InChI is InChI=1S/C16H18.Cl2O2S/c1-16(2,3)15-11-9-14(10-12-15)13-7-5-4-6-8-13;1-5(2,3)4/h4-12H,1-3H3;. The van der Waals surface area contributed by atoms with E-state index in [0.29, 0.717) is 0 Å². The summed E-state index contributed by atoms with van der Waals surface area (Å²) in [6.07, 6.45) is 0. The third kappa shape index (κ3) is 7.51. The largest absolute Gasteiger partial charge is 0.317 e. The lowest BCUT2D eigenvalue weighted by Crippen LogP contribution is -2.10. The van der Waals surface area contributed by atoms with Gasteiger partial charge in [0.15, 0.2) is 0 Å². The van der Waals surface area contributed by atoms with Crippen molar-refractivity contribution in [2.75, 3.05) is 0 Å². The summed E-state index contributed by atoms with van der Waals surface area (Å²) in [7, 11) is 4.81. The molecule has 0 spiro atoms. The minimum atomic E-state index is -3.72. The predicted molar refractivity (Wildman–Crippen MR) is 91.2 cm³/mol. The summed E-state index contributed by atoms with van der Waals surface area (Å²) < 4.78 is 18.3. The monoisotopic (exact) mass is 344 g/mol. The fraction of sp³-hybridized carbons (Fsp3) is 0.250. The first-order valence-electron chi connectivity index (χ1n) is 6.37. The van der Waals surface area contributed by atoms with Crippen molar-refractivity contribution in [1.29, 1.82) is 0 Å². The Labute approximate surface area is 135 Å². The van der Waals surface area contributed by atoms with E-state index in [1.54, 1.807) is 0 Å². The topological polar surface area (TPSA) is 34.1 Å². The van der Waals surface area contributed by atoms with Gasteiger partial charge in [0, 0.05) is 21.4 Å². The van der Waals surface area contributed by atoms with Crippen molar-refractivity contribution >= 4 is 29.6 Å². The van der Waals surface area contributed by atoms with Crippen LogP contribution in [0.4, 0.5) is 0 Å². The van der Waals surface area contributed by atoms with Crippen molar-refractivity contribution in [2.24, 2.45) is 0 Å². The number of hydrogen-bond donors (Lipinski definition) is 0. The molecule has 0 unspecified atom stereocenters. The summed E-state index contributed by atoms with van der Waals surface area (Å²) in [5, 5.41) is 0. The van der Waals surface area contributed by atoms with Gasteiger partial charge in [0.05, 0.1) is 0 Å². The lowest BCUT2D eigenvalue weighted by Gasteiger charge is -2.19. The van der Waals surface area contributed by atoms with Gasteiger partial charge in [-0.3, -0.25) is 0 Å². The maximum atomic E-state index is 9.16. The average Bonchev–Trinajstić information content (AvgIpc) is 2.37. The van der Waals surface area contributed by atoms with Gasteiger partial charge in [-0.05, 0) is 22.1 Å². The maximum absolute atomic E-state index is 9.16. The second kappa shape index (κ2) is 7.30. The number of benzene rings is 2. The van der Waals surface area contributed by atoms with E-state index in [2.05, 4.69) is 90.7 Å². The molecule has 2 aromatic carbocycles. The Morgan fingerprint density at radius 1 is 0.762 bits per heavy atom. The molecular formula is C16H18Cl2O2S. The van der Waals surface area contributed by atoms with Crippen molar-refractivity contribution in [1.82, 2.24) is 0 Å². The highest BCUT2D eigenvalue weighted by molar-refractivity contribution is 8.31. The van der Waals surface area contributed by atoms with Gasteiger partial charge in [0.2, 0.25) is 0 Å². The van der Waals surface area contributed by atoms with Gasteiger partial charge in [-0.15, -0.1) is 0 Å². The Hall–Kier alpha value is -1.03. The summed E-state index contributed by atoms with van der Waals surface area (Å²) in [4.78, 5) is 0. The van der Waals surface area contributed by atoms with Gasteiger partial charge in [-0.25, -0.2) is 0 Å². The molecular weight excluding hydrogens is 327 g/mol. The van der Waals surface area contributed by atoms with Crippen LogP contribution in [0.1, 0.15) is 26.3 Å². The van der Waals surface area contributed by atoms with Crippen LogP contribution in [0.3, 0.4) is 0 Å². The SMILES string of the molecule is CC(C)(C)c1ccc(-c2ccccc2)cc1.O=S(=O)(Cl)Cl. The van der Waals surface area contributed by atoms with Crippen LogP contribution in [-0.2, 0) is 13.7 Å². The van der Waals surface area contributed by atoms with Gasteiger partial charge >= 0.3 is 8.26 Å². The normalized spacial score (nSPS) is 11.5. The maximum Gasteiger partial charge on any atom is 0.317 e. The zero-order valence-corrected chi connectivity index (χ0v) is 14.5. The van der Waals surface area contributed by atoms with Crippen LogP contribution in [0.25, 0.3) is 11.1 Å². The van der Waals surface area contributed by atoms with Crippen molar-refractivity contribution in [3.05, 3.63) is 60.2 Å². The minimum absolute atomic E-state index is 0.231. The molecule has 0 aliphatic rings. The summed E-state index contributed by atoms with van der Waals surface area (Å²) in [5.41, 5.74) is 4.18. The van der Waals surface area contributed by atoms with Crippen molar-refractivity contribution < 1.29 is 8.42 Å². The molecule has 114 valence electrons. The van der Waals surface area contributed by atoms with Crippen LogP contribution < -0.4 is 0 Å². The zero-order chi connectivity index (χ0) is 16.1. The molecule has 2 nitrogen and oxygen atoms in total. The molecule has 0 N–H and O–H groups in total. The molecule has 0 saturated heterocycles. The van der Waals surface area contributed by atoms with Gasteiger partial charge in [-0.2, -0.15) is 8.42 Å². The van der Waals surface area contributed by atoms with Crippen molar-refractivity contribution in [3.63, 3.8) is 0 Å². The molecule has 0 aliphatic carbocycles. The van der Waals surface area contributed by atoms with E-state index in [4.69, 9.17) is 8.42 Å². The summed E-state index contributed by atoms with van der Waals surface area (Å²) in [5.74, 6) is 0. The molecule has 0 heterocycles. The molecule has 0 fully saturated rings. The highest BCUT2D eigenvalue weighted by atomic mass is 36.0. The average molecular weight is 345 g/mol. The highest BCUT2D eigenvalue weighted by Crippen LogP contribution is 2.25. The van der Waals surface area contributed by atoms with Crippen LogP contribution in [0.2, 0.25) is 0 Å².